The number of carboxylic acid groups (broad SMARTS) is 1. The van der Waals surface area contributed by atoms with Crippen molar-refractivity contribution in [1.82, 2.24) is 9.78 Å². The van der Waals surface area contributed by atoms with Crippen LogP contribution >= 0.6 is 22.9 Å². The third-order valence-corrected chi connectivity index (χ3v) is 4.75. The van der Waals surface area contributed by atoms with Gasteiger partial charge in [-0.2, -0.15) is 18.3 Å². The van der Waals surface area contributed by atoms with Crippen molar-refractivity contribution in [3.05, 3.63) is 33.1 Å². The molecule has 2 N–H and O–H groups in total. The van der Waals surface area contributed by atoms with Gasteiger partial charge in [0.05, 0.1) is 16.6 Å². The summed E-state index contributed by atoms with van der Waals surface area (Å²) in [6, 6.07) is 0.662. The number of fused-ring (bicyclic) bond motifs is 1. The Labute approximate surface area is 131 Å². The molecule has 118 valence electrons. The third-order valence-electron chi connectivity index (χ3n) is 3.41. The maximum Gasteiger partial charge on any atom is 0.410 e. The predicted octanol–water partition coefficient (Wildman–Crippen LogP) is 3.96. The highest BCUT2D eigenvalue weighted by Crippen LogP contribution is 2.45. The number of nitrogens with one attached hydrogen (secondary N) is 1. The van der Waals surface area contributed by atoms with E-state index in [0.29, 0.717) is 13.9 Å². The van der Waals surface area contributed by atoms with Crippen molar-refractivity contribution >= 4 is 34.7 Å². The Kier molecular flexibility index (Phi) is 3.56. The zero-order valence-corrected chi connectivity index (χ0v) is 12.3. The lowest BCUT2D eigenvalue weighted by atomic mass is 10.0. The normalized spacial score (nSPS) is 21.3. The molecule has 0 saturated heterocycles. The molecule has 1 aliphatic heterocycles. The largest absolute Gasteiger partial charge is 0.477 e. The number of halogens is 4. The zero-order chi connectivity index (χ0) is 16.1. The summed E-state index contributed by atoms with van der Waals surface area (Å²) in [5, 5.41) is 15.5. The second kappa shape index (κ2) is 5.17. The van der Waals surface area contributed by atoms with Gasteiger partial charge in [0.2, 0.25) is 0 Å². The van der Waals surface area contributed by atoms with Gasteiger partial charge in [0, 0.05) is 11.3 Å². The standard InChI is InChI=1S/C12H9ClF3N3O2S/c13-9-2-1-7(22-9)6-3-8(12(14,15)16)19-10(18-6)5(4-17-19)11(20)21/h1-2,4,6,8,18H,3H2,(H,20,21)/t6-,8-/m1/s1. The van der Waals surface area contributed by atoms with Gasteiger partial charge in [-0.1, -0.05) is 11.6 Å². The van der Waals surface area contributed by atoms with Crippen LogP contribution in [0.25, 0.3) is 0 Å². The first-order valence-electron chi connectivity index (χ1n) is 6.16. The highest BCUT2D eigenvalue weighted by atomic mass is 35.5. The molecule has 10 heteroatoms. The highest BCUT2D eigenvalue weighted by Gasteiger charge is 2.47. The number of hydrogen-bond acceptors (Lipinski definition) is 4. The average Bonchev–Trinajstić information content (AvgIpc) is 3.02. The second-order valence-electron chi connectivity index (χ2n) is 4.79. The van der Waals surface area contributed by atoms with E-state index in [0.717, 1.165) is 17.5 Å². The fourth-order valence-electron chi connectivity index (χ4n) is 2.42. The van der Waals surface area contributed by atoms with Gasteiger partial charge in [0.25, 0.3) is 0 Å². The van der Waals surface area contributed by atoms with Crippen molar-refractivity contribution < 1.29 is 23.1 Å². The van der Waals surface area contributed by atoms with Gasteiger partial charge in [-0.3, -0.25) is 0 Å². The lowest BCUT2D eigenvalue weighted by Crippen LogP contribution is -2.35. The molecule has 22 heavy (non-hydrogen) atoms. The topological polar surface area (TPSA) is 67.1 Å². The van der Waals surface area contributed by atoms with Crippen molar-refractivity contribution in [3.8, 4) is 0 Å². The number of aromatic nitrogens is 2. The lowest BCUT2D eigenvalue weighted by molar-refractivity contribution is -0.173. The summed E-state index contributed by atoms with van der Waals surface area (Å²) in [5.41, 5.74) is -0.290. The molecule has 1 aliphatic rings. The van der Waals surface area contributed by atoms with E-state index < -0.39 is 24.2 Å². The van der Waals surface area contributed by atoms with E-state index in [1.54, 1.807) is 12.1 Å². The van der Waals surface area contributed by atoms with Gasteiger partial charge in [-0.05, 0) is 12.1 Å². The minimum absolute atomic E-state index is 0.143. The minimum Gasteiger partial charge on any atom is -0.477 e. The molecule has 0 saturated carbocycles. The summed E-state index contributed by atoms with van der Waals surface area (Å²) in [7, 11) is 0. The van der Waals surface area contributed by atoms with Crippen molar-refractivity contribution in [2.24, 2.45) is 0 Å². The molecule has 2 aromatic heterocycles. The monoisotopic (exact) mass is 351 g/mol. The summed E-state index contributed by atoms with van der Waals surface area (Å²) in [6.45, 7) is 0. The van der Waals surface area contributed by atoms with Gasteiger partial charge in [-0.15, -0.1) is 11.3 Å². The summed E-state index contributed by atoms with van der Waals surface area (Å²) >= 11 is 6.98. The van der Waals surface area contributed by atoms with Gasteiger partial charge in [0.15, 0.2) is 6.04 Å². The zero-order valence-electron chi connectivity index (χ0n) is 10.8. The van der Waals surface area contributed by atoms with Crippen molar-refractivity contribution in [2.75, 3.05) is 5.32 Å². The number of alkyl halides is 3. The molecular formula is C12H9ClF3N3O2S. The molecular weight excluding hydrogens is 343 g/mol. The van der Waals surface area contributed by atoms with Crippen LogP contribution < -0.4 is 5.32 Å². The first-order valence-corrected chi connectivity index (χ1v) is 7.36. The molecule has 2 atom stereocenters. The fourth-order valence-corrected chi connectivity index (χ4v) is 3.55. The average molecular weight is 352 g/mol. The Morgan fingerprint density at radius 1 is 1.50 bits per heavy atom. The lowest BCUT2D eigenvalue weighted by Gasteiger charge is -2.33. The molecule has 0 bridgehead atoms. The Morgan fingerprint density at radius 3 is 2.77 bits per heavy atom. The predicted molar refractivity (Wildman–Crippen MR) is 74.6 cm³/mol. The summed E-state index contributed by atoms with van der Waals surface area (Å²) < 4.78 is 40.9. The van der Waals surface area contributed by atoms with Crippen LogP contribution in [0, 0.1) is 0 Å². The number of anilines is 1. The van der Waals surface area contributed by atoms with Crippen LogP contribution in [0.5, 0.6) is 0 Å². The van der Waals surface area contributed by atoms with E-state index >= 15 is 0 Å². The van der Waals surface area contributed by atoms with Gasteiger partial charge in [0.1, 0.15) is 11.4 Å². The molecule has 3 heterocycles. The molecule has 0 unspecified atom stereocenters. The molecule has 2 aromatic rings. The quantitative estimate of drug-likeness (QED) is 0.859. The molecule has 0 spiro atoms. The van der Waals surface area contributed by atoms with Crippen LogP contribution in [0.2, 0.25) is 4.34 Å². The number of hydrogen-bond donors (Lipinski definition) is 2. The van der Waals surface area contributed by atoms with E-state index in [4.69, 9.17) is 16.7 Å². The second-order valence-corrected chi connectivity index (χ2v) is 6.54. The molecule has 0 radical (unpaired) electrons. The molecule has 0 fully saturated rings. The Morgan fingerprint density at radius 2 is 2.23 bits per heavy atom. The first kappa shape index (κ1) is 15.2. The van der Waals surface area contributed by atoms with E-state index in [1.807, 2.05) is 0 Å². The maximum atomic E-state index is 13.3. The summed E-state index contributed by atoms with van der Waals surface area (Å²) in [6.07, 6.45) is -3.89. The van der Waals surface area contributed by atoms with Gasteiger partial charge >= 0.3 is 12.1 Å². The van der Waals surface area contributed by atoms with Crippen LogP contribution in [0.3, 0.4) is 0 Å². The number of aromatic carboxylic acids is 1. The van der Waals surface area contributed by atoms with E-state index in [9.17, 15) is 18.0 Å². The number of nitrogens with zero attached hydrogens (tertiary/aromatic N) is 2. The summed E-state index contributed by atoms with van der Waals surface area (Å²) in [5.74, 6) is -1.48. The van der Waals surface area contributed by atoms with Crippen molar-refractivity contribution in [2.45, 2.75) is 24.7 Å². The first-order chi connectivity index (χ1) is 10.3. The van der Waals surface area contributed by atoms with E-state index in [2.05, 4.69) is 10.4 Å². The van der Waals surface area contributed by atoms with E-state index in [-0.39, 0.29) is 17.8 Å². The maximum absolute atomic E-state index is 13.3. The van der Waals surface area contributed by atoms with Gasteiger partial charge in [-0.25, -0.2) is 9.48 Å². The van der Waals surface area contributed by atoms with Crippen LogP contribution in [0.15, 0.2) is 18.3 Å². The molecule has 0 aliphatic carbocycles. The van der Waals surface area contributed by atoms with Gasteiger partial charge < -0.3 is 10.4 Å². The molecule has 0 amide bonds. The van der Waals surface area contributed by atoms with Crippen LogP contribution in [0.4, 0.5) is 19.0 Å². The number of rotatable bonds is 2. The Balaban J connectivity index is 2.06. The number of thiophene rings is 1. The fraction of sp³-hybridized carbons (Fsp3) is 0.333. The minimum atomic E-state index is -4.53. The molecule has 5 nitrogen and oxygen atoms in total. The molecule has 0 aromatic carbocycles. The van der Waals surface area contributed by atoms with Crippen LogP contribution in [0.1, 0.15) is 33.7 Å². The van der Waals surface area contributed by atoms with E-state index in [1.165, 1.54) is 0 Å². The van der Waals surface area contributed by atoms with Crippen LogP contribution in [-0.4, -0.2) is 27.0 Å². The smallest absolute Gasteiger partial charge is 0.410 e. The molecule has 3 rings (SSSR count). The van der Waals surface area contributed by atoms with Crippen molar-refractivity contribution in [3.63, 3.8) is 0 Å². The third kappa shape index (κ3) is 2.54. The number of carbonyl (C=O) groups is 1. The Hall–Kier alpha value is -1.74. The van der Waals surface area contributed by atoms with Crippen LogP contribution in [-0.2, 0) is 0 Å². The van der Waals surface area contributed by atoms with Crippen molar-refractivity contribution in [1.29, 1.82) is 0 Å². The number of carboxylic acids is 1. The Bertz CT molecular complexity index is 728. The highest BCUT2D eigenvalue weighted by molar-refractivity contribution is 7.16. The SMILES string of the molecule is O=C(O)c1cnn2c1N[C@@H](c1ccc(Cl)s1)C[C@@H]2C(F)(F)F. The summed E-state index contributed by atoms with van der Waals surface area (Å²) in [4.78, 5) is 11.8.